The summed E-state index contributed by atoms with van der Waals surface area (Å²) in [4.78, 5) is 38.6. The number of nitrogens with zero attached hydrogens (tertiary/aromatic N) is 1. The Morgan fingerprint density at radius 2 is 2.00 bits per heavy atom. The first-order chi connectivity index (χ1) is 9.08. The minimum absolute atomic E-state index is 0.0104. The van der Waals surface area contributed by atoms with E-state index < -0.39 is 0 Å². The number of H-pyrrole nitrogens is 1. The van der Waals surface area contributed by atoms with E-state index in [1.54, 1.807) is 4.90 Å². The van der Waals surface area contributed by atoms with Gasteiger partial charge in [0.25, 0.3) is 5.91 Å². The van der Waals surface area contributed by atoms with Crippen molar-refractivity contribution < 1.29 is 9.59 Å². The molecule has 0 aliphatic carbocycles. The molecule has 0 saturated carbocycles. The number of carbonyl (C=O) groups excluding carboxylic acids is 2. The summed E-state index contributed by atoms with van der Waals surface area (Å²) in [5, 5.41) is 2.62. The second kappa shape index (κ2) is 7.35. The van der Waals surface area contributed by atoms with Crippen molar-refractivity contribution in [1.29, 1.82) is 0 Å². The number of aromatic nitrogens is 1. The van der Waals surface area contributed by atoms with Gasteiger partial charge >= 0.3 is 0 Å². The van der Waals surface area contributed by atoms with Gasteiger partial charge in [0.1, 0.15) is 0 Å². The molecule has 0 unspecified atom stereocenters. The molecule has 2 N–H and O–H groups in total. The molecule has 0 aromatic carbocycles. The zero-order valence-electron chi connectivity index (χ0n) is 11.2. The summed E-state index contributed by atoms with van der Waals surface area (Å²) in [6.07, 6.45) is 1.68. The fraction of sp³-hybridized carbons (Fsp3) is 0.462. The fourth-order valence-electron chi connectivity index (χ4n) is 1.71. The van der Waals surface area contributed by atoms with Crippen LogP contribution in [0.1, 0.15) is 30.6 Å². The van der Waals surface area contributed by atoms with Crippen LogP contribution in [0.2, 0.25) is 0 Å². The molecular formula is C13H19N3O3. The minimum Gasteiger partial charge on any atom is -0.352 e. The van der Waals surface area contributed by atoms with Crippen LogP contribution in [-0.2, 0) is 4.79 Å². The maximum absolute atomic E-state index is 11.7. The Morgan fingerprint density at radius 1 is 1.32 bits per heavy atom. The van der Waals surface area contributed by atoms with Gasteiger partial charge in [-0.3, -0.25) is 14.4 Å². The maximum atomic E-state index is 11.7. The SMILES string of the molecule is CCN(CC)C(=O)CCNC(=O)c1cc[nH]c(=O)c1. The smallest absolute Gasteiger partial charge is 0.251 e. The standard InChI is InChI=1S/C13H19N3O3/c1-3-16(4-2)12(18)6-8-15-13(19)10-5-7-14-11(17)9-10/h5,7,9H,3-4,6,8H2,1-2H3,(H,14,17)(H,15,19). The summed E-state index contributed by atoms with van der Waals surface area (Å²) < 4.78 is 0. The molecule has 19 heavy (non-hydrogen) atoms. The first kappa shape index (κ1) is 14.9. The molecule has 0 atom stereocenters. The zero-order valence-corrected chi connectivity index (χ0v) is 11.2. The highest BCUT2D eigenvalue weighted by Gasteiger charge is 2.10. The Hall–Kier alpha value is -2.11. The molecule has 1 heterocycles. The Morgan fingerprint density at radius 3 is 2.58 bits per heavy atom. The van der Waals surface area contributed by atoms with Gasteiger partial charge in [-0.1, -0.05) is 0 Å². The van der Waals surface area contributed by atoms with Crippen LogP contribution in [-0.4, -0.2) is 41.3 Å². The number of amides is 2. The van der Waals surface area contributed by atoms with E-state index in [2.05, 4.69) is 10.3 Å². The van der Waals surface area contributed by atoms with E-state index in [-0.39, 0.29) is 30.3 Å². The number of rotatable bonds is 6. The molecule has 1 aromatic rings. The fourth-order valence-corrected chi connectivity index (χ4v) is 1.71. The topological polar surface area (TPSA) is 82.3 Å². The molecule has 6 heteroatoms. The summed E-state index contributed by atoms with van der Waals surface area (Å²) in [7, 11) is 0. The average Bonchev–Trinajstić information content (AvgIpc) is 2.40. The third-order valence-corrected chi connectivity index (χ3v) is 2.78. The quantitative estimate of drug-likeness (QED) is 0.779. The minimum atomic E-state index is -0.349. The highest BCUT2D eigenvalue weighted by Crippen LogP contribution is 1.95. The molecule has 2 amide bonds. The van der Waals surface area contributed by atoms with Crippen molar-refractivity contribution in [3.63, 3.8) is 0 Å². The van der Waals surface area contributed by atoms with Crippen LogP contribution in [0, 0.1) is 0 Å². The number of hydrogen-bond acceptors (Lipinski definition) is 3. The molecule has 0 radical (unpaired) electrons. The largest absolute Gasteiger partial charge is 0.352 e. The van der Waals surface area contributed by atoms with Crippen LogP contribution >= 0.6 is 0 Å². The molecule has 0 bridgehead atoms. The normalized spacial score (nSPS) is 10.0. The van der Waals surface area contributed by atoms with E-state index in [0.29, 0.717) is 18.7 Å². The third kappa shape index (κ3) is 4.57. The van der Waals surface area contributed by atoms with E-state index in [9.17, 15) is 14.4 Å². The molecule has 0 spiro atoms. The first-order valence-electron chi connectivity index (χ1n) is 6.33. The number of aromatic amines is 1. The van der Waals surface area contributed by atoms with Crippen molar-refractivity contribution in [3.05, 3.63) is 34.2 Å². The van der Waals surface area contributed by atoms with Gasteiger partial charge in [0.15, 0.2) is 0 Å². The van der Waals surface area contributed by atoms with E-state index in [0.717, 1.165) is 0 Å². The lowest BCUT2D eigenvalue weighted by atomic mass is 10.2. The lowest BCUT2D eigenvalue weighted by Gasteiger charge is -2.18. The first-order valence-corrected chi connectivity index (χ1v) is 6.33. The Kier molecular flexibility index (Phi) is 5.78. The van der Waals surface area contributed by atoms with Gasteiger partial charge in [0.05, 0.1) is 0 Å². The van der Waals surface area contributed by atoms with Crippen molar-refractivity contribution in [3.8, 4) is 0 Å². The second-order valence-electron chi connectivity index (χ2n) is 4.01. The molecule has 0 aliphatic rings. The predicted octanol–water partition coefficient (Wildman–Crippen LogP) is 0.363. The van der Waals surface area contributed by atoms with Crippen molar-refractivity contribution in [2.75, 3.05) is 19.6 Å². The van der Waals surface area contributed by atoms with Crippen LogP contribution in [0.4, 0.5) is 0 Å². The van der Waals surface area contributed by atoms with E-state index >= 15 is 0 Å². The molecule has 1 aromatic heterocycles. The molecule has 0 fully saturated rings. The zero-order chi connectivity index (χ0) is 14.3. The number of hydrogen-bond donors (Lipinski definition) is 2. The van der Waals surface area contributed by atoms with Gasteiger partial charge in [-0.15, -0.1) is 0 Å². The van der Waals surface area contributed by atoms with Crippen LogP contribution in [0.3, 0.4) is 0 Å². The van der Waals surface area contributed by atoms with E-state index in [1.807, 2.05) is 13.8 Å². The van der Waals surface area contributed by atoms with Crippen molar-refractivity contribution in [2.24, 2.45) is 0 Å². The predicted molar refractivity (Wildman–Crippen MR) is 71.9 cm³/mol. The maximum Gasteiger partial charge on any atom is 0.251 e. The molecule has 0 saturated heterocycles. The molecular weight excluding hydrogens is 246 g/mol. The number of nitrogens with one attached hydrogen (secondary N) is 2. The van der Waals surface area contributed by atoms with Crippen LogP contribution in [0.15, 0.2) is 23.1 Å². The molecule has 6 nitrogen and oxygen atoms in total. The third-order valence-electron chi connectivity index (χ3n) is 2.78. The van der Waals surface area contributed by atoms with Crippen molar-refractivity contribution in [2.45, 2.75) is 20.3 Å². The van der Waals surface area contributed by atoms with Gasteiger partial charge in [-0.25, -0.2) is 0 Å². The Labute approximate surface area is 111 Å². The van der Waals surface area contributed by atoms with Gasteiger partial charge in [-0.05, 0) is 19.9 Å². The summed E-state index contributed by atoms with van der Waals surface area (Å²) in [5.74, 6) is -0.338. The second-order valence-corrected chi connectivity index (χ2v) is 4.01. The Bertz CT molecular complexity index is 492. The Balaban J connectivity index is 2.43. The van der Waals surface area contributed by atoms with Gasteiger partial charge < -0.3 is 15.2 Å². The molecule has 104 valence electrons. The van der Waals surface area contributed by atoms with Crippen molar-refractivity contribution >= 4 is 11.8 Å². The van der Waals surface area contributed by atoms with Crippen LogP contribution < -0.4 is 10.9 Å². The monoisotopic (exact) mass is 265 g/mol. The van der Waals surface area contributed by atoms with Gasteiger partial charge in [-0.2, -0.15) is 0 Å². The van der Waals surface area contributed by atoms with Crippen LogP contribution in [0.25, 0.3) is 0 Å². The van der Waals surface area contributed by atoms with E-state index in [1.165, 1.54) is 18.3 Å². The highest BCUT2D eigenvalue weighted by atomic mass is 16.2. The van der Waals surface area contributed by atoms with Crippen molar-refractivity contribution in [1.82, 2.24) is 15.2 Å². The number of carbonyl (C=O) groups is 2. The summed E-state index contributed by atoms with van der Waals surface area (Å²) in [6, 6.07) is 2.74. The lowest BCUT2D eigenvalue weighted by molar-refractivity contribution is -0.130. The van der Waals surface area contributed by atoms with Crippen LogP contribution in [0.5, 0.6) is 0 Å². The highest BCUT2D eigenvalue weighted by molar-refractivity contribution is 5.94. The summed E-state index contributed by atoms with van der Waals surface area (Å²) >= 11 is 0. The lowest BCUT2D eigenvalue weighted by Crippen LogP contribution is -2.34. The van der Waals surface area contributed by atoms with Gasteiger partial charge in [0, 0.05) is 43.9 Å². The summed E-state index contributed by atoms with van der Waals surface area (Å²) in [5.41, 5.74) is -0.0362. The molecule has 0 aliphatic heterocycles. The molecule has 1 rings (SSSR count). The number of pyridine rings is 1. The average molecular weight is 265 g/mol. The summed E-state index contributed by atoms with van der Waals surface area (Å²) in [6.45, 7) is 5.42. The van der Waals surface area contributed by atoms with Gasteiger partial charge in [0.2, 0.25) is 11.5 Å². The van der Waals surface area contributed by atoms with E-state index in [4.69, 9.17) is 0 Å².